The van der Waals surface area contributed by atoms with Crippen LogP contribution in [0.3, 0.4) is 0 Å². The summed E-state index contributed by atoms with van der Waals surface area (Å²) in [6, 6.07) is 5.13. The van der Waals surface area contributed by atoms with Crippen LogP contribution < -0.4 is 4.74 Å². The van der Waals surface area contributed by atoms with Gasteiger partial charge >= 0.3 is 12.1 Å². The van der Waals surface area contributed by atoms with Gasteiger partial charge in [0.05, 0.1) is 12.1 Å². The number of carboxylic acid groups (broad SMARTS) is 1. The maximum absolute atomic E-state index is 16.2. The quantitative estimate of drug-likeness (QED) is 0.393. The predicted molar refractivity (Wildman–Crippen MR) is 111 cm³/mol. The highest BCUT2D eigenvalue weighted by Crippen LogP contribution is 2.80. The number of tetrazole rings is 1. The number of carboxylic acids is 1. The third-order valence-corrected chi connectivity index (χ3v) is 7.38. The van der Waals surface area contributed by atoms with Crippen molar-refractivity contribution < 1.29 is 50.5 Å². The van der Waals surface area contributed by atoms with Crippen LogP contribution in [-0.4, -0.2) is 48.4 Å². The van der Waals surface area contributed by atoms with E-state index in [1.807, 2.05) is 0 Å². The van der Waals surface area contributed by atoms with Crippen LogP contribution in [-0.2, 0) is 22.4 Å². The molecule has 2 N–H and O–H groups in total. The Morgan fingerprint density at radius 2 is 1.61 bits per heavy atom. The molecule has 38 heavy (non-hydrogen) atoms. The van der Waals surface area contributed by atoms with Crippen molar-refractivity contribution in [3.05, 3.63) is 71.3 Å². The first-order valence-corrected chi connectivity index (χ1v) is 11.0. The van der Waals surface area contributed by atoms with E-state index in [1.165, 1.54) is 12.1 Å². The lowest BCUT2D eigenvalue weighted by Gasteiger charge is -2.74. The number of aliphatic carboxylic acids is 1. The van der Waals surface area contributed by atoms with Crippen LogP contribution in [0.1, 0.15) is 30.4 Å². The third-order valence-electron chi connectivity index (χ3n) is 7.38. The average Bonchev–Trinajstić information content (AvgIpc) is 3.24. The molecule has 3 aromatic rings. The van der Waals surface area contributed by atoms with Gasteiger partial charge in [0, 0.05) is 17.5 Å². The maximum Gasteiger partial charge on any atom is 0.501 e. The van der Waals surface area contributed by atoms with E-state index < -0.39 is 69.7 Å². The van der Waals surface area contributed by atoms with Gasteiger partial charge in [0.2, 0.25) is 0 Å². The number of nitrogens with zero attached hydrogens (tertiary/aromatic N) is 4. The highest BCUT2D eigenvalue weighted by molar-refractivity contribution is 5.73. The fourth-order valence-electron chi connectivity index (χ4n) is 5.69. The molecule has 6 rings (SSSR count). The summed E-state index contributed by atoms with van der Waals surface area (Å²) >= 11 is 0. The highest BCUT2D eigenvalue weighted by Gasteiger charge is 2.82. The van der Waals surface area contributed by atoms with Gasteiger partial charge < -0.3 is 14.9 Å². The Kier molecular flexibility index (Phi) is 5.53. The summed E-state index contributed by atoms with van der Waals surface area (Å²) in [6.45, 7) is -1.15. The largest absolute Gasteiger partial charge is 0.501 e. The average molecular weight is 546 g/mol. The van der Waals surface area contributed by atoms with E-state index in [9.17, 15) is 31.9 Å². The summed E-state index contributed by atoms with van der Waals surface area (Å²) in [4.78, 5) is 10.5. The van der Waals surface area contributed by atoms with Crippen LogP contribution in [0, 0.1) is 22.9 Å². The molecule has 0 unspecified atom stereocenters. The standard InChI is InChI=1S/C23H17F7N4O4/c24-13-5-15(25)17(16(26)6-13)21(37,10-34-11-31-32-33-34)23(29,30)20-7-19(8-20,9-20)12-1-3-14(4-2-12)38-22(27,28)18(35)36/h1-6,11,37H,7-10H2,(H,35,36)/t19?,20?,21-/m1/s1. The second-order valence-corrected chi connectivity index (χ2v) is 9.73. The summed E-state index contributed by atoms with van der Waals surface area (Å²) in [5.41, 5.74) is -7.23. The number of aliphatic hydroxyl groups is 1. The van der Waals surface area contributed by atoms with E-state index in [0.717, 1.165) is 18.5 Å². The summed E-state index contributed by atoms with van der Waals surface area (Å²) < 4.78 is 107. The molecule has 8 nitrogen and oxygen atoms in total. The Bertz CT molecular complexity index is 1360. The minimum atomic E-state index is -4.47. The normalized spacial score (nSPS) is 24.2. The predicted octanol–water partition coefficient (Wildman–Crippen LogP) is 3.79. The van der Waals surface area contributed by atoms with Crippen molar-refractivity contribution in [3.8, 4) is 5.75 Å². The molecule has 2 bridgehead atoms. The van der Waals surface area contributed by atoms with Gasteiger partial charge in [-0.3, -0.25) is 0 Å². The molecule has 0 aliphatic heterocycles. The second-order valence-electron chi connectivity index (χ2n) is 9.73. The van der Waals surface area contributed by atoms with Crippen molar-refractivity contribution in [1.29, 1.82) is 0 Å². The van der Waals surface area contributed by atoms with Crippen LogP contribution in [0.2, 0.25) is 0 Å². The zero-order valence-corrected chi connectivity index (χ0v) is 19.0. The number of rotatable bonds is 9. The molecule has 1 heterocycles. The lowest BCUT2D eigenvalue weighted by atomic mass is 9.30. The van der Waals surface area contributed by atoms with Gasteiger partial charge in [0.1, 0.15) is 29.5 Å². The Morgan fingerprint density at radius 1 is 1.03 bits per heavy atom. The number of alkyl halides is 4. The van der Waals surface area contributed by atoms with Crippen molar-refractivity contribution in [3.63, 3.8) is 0 Å². The van der Waals surface area contributed by atoms with Crippen LogP contribution in [0.5, 0.6) is 5.75 Å². The van der Waals surface area contributed by atoms with Crippen molar-refractivity contribution in [2.45, 2.75) is 48.9 Å². The molecule has 3 saturated carbocycles. The fraction of sp³-hybridized carbons (Fsp3) is 0.391. The molecule has 2 aromatic carbocycles. The van der Waals surface area contributed by atoms with Crippen molar-refractivity contribution in [2.75, 3.05) is 0 Å². The SMILES string of the molecule is O=C(O)C(F)(F)Oc1ccc(C23CC(C(F)(F)[C@@](O)(Cn4cnnn4)c4c(F)cc(F)cc4F)(C2)C3)cc1. The van der Waals surface area contributed by atoms with E-state index in [2.05, 4.69) is 20.3 Å². The number of ether oxygens (including phenoxy) is 1. The van der Waals surface area contributed by atoms with Gasteiger partial charge in [-0.15, -0.1) is 5.10 Å². The molecule has 0 saturated heterocycles. The summed E-state index contributed by atoms with van der Waals surface area (Å²) in [7, 11) is 0. The monoisotopic (exact) mass is 546 g/mol. The van der Waals surface area contributed by atoms with E-state index in [1.54, 1.807) is 0 Å². The first-order valence-electron chi connectivity index (χ1n) is 11.0. The number of hydrogen-bond acceptors (Lipinski definition) is 6. The molecule has 15 heteroatoms. The van der Waals surface area contributed by atoms with Gasteiger partial charge in [0.25, 0.3) is 5.92 Å². The first kappa shape index (κ1) is 25.9. The highest BCUT2D eigenvalue weighted by atomic mass is 19.3. The molecule has 3 aliphatic carbocycles. The zero-order valence-electron chi connectivity index (χ0n) is 19.0. The topological polar surface area (TPSA) is 110 Å². The van der Waals surface area contributed by atoms with Crippen LogP contribution in [0.15, 0.2) is 42.7 Å². The Balaban J connectivity index is 1.43. The molecule has 3 aliphatic rings. The molecular formula is C23H17F7N4O4. The van der Waals surface area contributed by atoms with Gasteiger partial charge in [0.15, 0.2) is 5.60 Å². The molecule has 1 atom stereocenters. The number of hydrogen-bond donors (Lipinski definition) is 2. The van der Waals surface area contributed by atoms with E-state index in [4.69, 9.17) is 5.11 Å². The minimum absolute atomic E-state index is 0.181. The molecular weight excluding hydrogens is 529 g/mol. The van der Waals surface area contributed by atoms with Gasteiger partial charge in [-0.25, -0.2) is 31.4 Å². The Morgan fingerprint density at radius 3 is 2.11 bits per heavy atom. The Hall–Kier alpha value is -3.75. The van der Waals surface area contributed by atoms with Gasteiger partial charge in [-0.1, -0.05) is 12.1 Å². The third kappa shape index (κ3) is 3.62. The molecule has 0 radical (unpaired) electrons. The molecule has 3 fully saturated rings. The molecule has 0 spiro atoms. The molecule has 202 valence electrons. The van der Waals surface area contributed by atoms with Crippen LogP contribution >= 0.6 is 0 Å². The number of aromatic nitrogens is 4. The number of halogens is 7. The summed E-state index contributed by atoms with van der Waals surface area (Å²) in [6.07, 6.45) is -4.32. The lowest BCUT2D eigenvalue weighted by molar-refractivity contribution is -0.348. The van der Waals surface area contributed by atoms with E-state index in [-0.39, 0.29) is 31.4 Å². The number of benzene rings is 2. The second kappa shape index (κ2) is 8.12. The number of carbonyl (C=O) groups is 1. The maximum atomic E-state index is 16.2. The van der Waals surface area contributed by atoms with Crippen LogP contribution in [0.25, 0.3) is 0 Å². The van der Waals surface area contributed by atoms with Crippen LogP contribution in [0.4, 0.5) is 30.7 Å². The fourth-order valence-corrected chi connectivity index (χ4v) is 5.69. The zero-order chi connectivity index (χ0) is 27.7. The van der Waals surface area contributed by atoms with Gasteiger partial charge in [-0.05, 0) is 52.8 Å². The van der Waals surface area contributed by atoms with Crippen molar-refractivity contribution in [1.82, 2.24) is 20.2 Å². The lowest BCUT2D eigenvalue weighted by Crippen LogP contribution is -2.76. The molecule has 0 amide bonds. The van der Waals surface area contributed by atoms with Crippen molar-refractivity contribution >= 4 is 5.97 Å². The summed E-state index contributed by atoms with van der Waals surface area (Å²) in [5, 5.41) is 29.7. The molecule has 1 aromatic heterocycles. The minimum Gasteiger partial charge on any atom is -0.474 e. The van der Waals surface area contributed by atoms with Crippen molar-refractivity contribution in [2.24, 2.45) is 5.41 Å². The Labute approximate surface area is 208 Å². The first-order chi connectivity index (χ1) is 17.6. The summed E-state index contributed by atoms with van der Waals surface area (Å²) in [5.74, 6) is -11.9. The van der Waals surface area contributed by atoms with E-state index >= 15 is 8.78 Å². The smallest absolute Gasteiger partial charge is 0.474 e. The van der Waals surface area contributed by atoms with Gasteiger partial charge in [-0.2, -0.15) is 8.78 Å². The van der Waals surface area contributed by atoms with E-state index in [0.29, 0.717) is 10.2 Å².